The lowest BCUT2D eigenvalue weighted by molar-refractivity contribution is -0.140. The van der Waals surface area contributed by atoms with Gasteiger partial charge in [-0.05, 0) is 76.6 Å². The van der Waals surface area contributed by atoms with Gasteiger partial charge >= 0.3 is 0 Å². The topological polar surface area (TPSA) is 114 Å². The second-order valence-electron chi connectivity index (χ2n) is 11.2. The lowest BCUT2D eigenvalue weighted by Crippen LogP contribution is -2.54. The van der Waals surface area contributed by atoms with Crippen molar-refractivity contribution in [2.24, 2.45) is 0 Å². The number of sulfonamides is 1. The largest absolute Gasteiger partial charge is 0.497 e. The molecule has 0 aliphatic rings. The lowest BCUT2D eigenvalue weighted by Gasteiger charge is -2.33. The molecule has 0 saturated carbocycles. The predicted molar refractivity (Wildman–Crippen MR) is 166 cm³/mol. The van der Waals surface area contributed by atoms with Crippen LogP contribution >= 0.6 is 0 Å². The Balaban J connectivity index is 2.11. The fourth-order valence-corrected chi connectivity index (χ4v) is 5.78. The summed E-state index contributed by atoms with van der Waals surface area (Å²) < 4.78 is 45.3. The summed E-state index contributed by atoms with van der Waals surface area (Å²) in [5.74, 6) is 0.332. The molecule has 43 heavy (non-hydrogen) atoms. The number of nitrogens with one attached hydrogen (secondary N) is 1. The number of aryl methyl sites for hydroxylation is 1. The summed E-state index contributed by atoms with van der Waals surface area (Å²) in [6, 6.07) is 17.2. The Labute approximate surface area is 254 Å². The summed E-state index contributed by atoms with van der Waals surface area (Å²) in [6.07, 6.45) is 0. The molecule has 3 rings (SSSR count). The number of hydrogen-bond donors (Lipinski definition) is 1. The van der Waals surface area contributed by atoms with Crippen molar-refractivity contribution in [3.8, 4) is 17.2 Å². The minimum Gasteiger partial charge on any atom is -0.497 e. The molecule has 1 atom stereocenters. The van der Waals surface area contributed by atoms with Crippen molar-refractivity contribution < 1.29 is 32.2 Å². The van der Waals surface area contributed by atoms with Crippen molar-refractivity contribution in [3.63, 3.8) is 0 Å². The van der Waals surface area contributed by atoms with E-state index in [4.69, 9.17) is 14.2 Å². The molecule has 0 aliphatic carbocycles. The first-order valence-corrected chi connectivity index (χ1v) is 15.2. The lowest BCUT2D eigenvalue weighted by atomic mass is 10.1. The van der Waals surface area contributed by atoms with Crippen molar-refractivity contribution in [2.45, 2.75) is 57.6 Å². The molecule has 0 fully saturated rings. The summed E-state index contributed by atoms with van der Waals surface area (Å²) >= 11 is 0. The van der Waals surface area contributed by atoms with Crippen LogP contribution in [0.5, 0.6) is 17.2 Å². The second kappa shape index (κ2) is 13.8. The number of rotatable bonds is 12. The highest BCUT2D eigenvalue weighted by Crippen LogP contribution is 2.34. The Morgan fingerprint density at radius 2 is 1.53 bits per heavy atom. The summed E-state index contributed by atoms with van der Waals surface area (Å²) in [4.78, 5) is 28.8. The van der Waals surface area contributed by atoms with Crippen molar-refractivity contribution in [1.82, 2.24) is 10.2 Å². The first-order chi connectivity index (χ1) is 20.2. The van der Waals surface area contributed by atoms with Crippen molar-refractivity contribution in [2.75, 3.05) is 32.2 Å². The number of methoxy groups -OCH3 is 3. The SMILES string of the molecule is COc1cccc(CN(C(=O)CN(c2ccc(OC)c(OC)c2)S(=O)(=O)c2ccc(C)cc2)[C@@H](C)C(=O)NC(C)(C)C)c1. The Morgan fingerprint density at radius 1 is 0.884 bits per heavy atom. The van der Waals surface area contributed by atoms with Gasteiger partial charge in [-0.1, -0.05) is 29.8 Å². The molecule has 2 amide bonds. The minimum absolute atomic E-state index is 0.0126. The molecular formula is C32H41N3O7S. The Bertz CT molecular complexity index is 1530. The third kappa shape index (κ3) is 8.41. The standard InChI is InChI=1S/C32H41N3O7S/c1-22-12-15-27(16-13-22)43(38,39)35(25-14-17-28(41-7)29(19-25)42-8)21-30(36)34(23(2)31(37)33-32(3,4)5)20-24-10-9-11-26(18-24)40-6/h9-19,23H,20-21H2,1-8H3,(H,33,37)/t23-/m0/s1. The molecule has 0 unspecified atom stereocenters. The summed E-state index contributed by atoms with van der Waals surface area (Å²) in [6.45, 7) is 8.47. The van der Waals surface area contributed by atoms with E-state index in [0.717, 1.165) is 9.87 Å². The highest BCUT2D eigenvalue weighted by Gasteiger charge is 2.33. The van der Waals surface area contributed by atoms with Crippen LogP contribution in [0.4, 0.5) is 5.69 Å². The molecular weight excluding hydrogens is 570 g/mol. The van der Waals surface area contributed by atoms with Crippen LogP contribution in [0.15, 0.2) is 71.6 Å². The van der Waals surface area contributed by atoms with E-state index in [1.165, 1.54) is 37.3 Å². The number of hydrogen-bond acceptors (Lipinski definition) is 7. The molecule has 3 aromatic carbocycles. The molecule has 232 valence electrons. The van der Waals surface area contributed by atoms with Gasteiger partial charge < -0.3 is 24.4 Å². The van der Waals surface area contributed by atoms with Gasteiger partial charge in [-0.3, -0.25) is 13.9 Å². The third-order valence-corrected chi connectivity index (χ3v) is 8.48. The maximum atomic E-state index is 14.2. The number of nitrogens with zero attached hydrogens (tertiary/aromatic N) is 2. The van der Waals surface area contributed by atoms with E-state index < -0.39 is 34.1 Å². The highest BCUT2D eigenvalue weighted by molar-refractivity contribution is 7.92. The Hall–Kier alpha value is -4.25. The van der Waals surface area contributed by atoms with Crippen molar-refractivity contribution >= 4 is 27.5 Å². The van der Waals surface area contributed by atoms with E-state index in [2.05, 4.69) is 5.32 Å². The second-order valence-corrected chi connectivity index (χ2v) is 13.0. The van der Waals surface area contributed by atoms with Crippen LogP contribution in [-0.2, 0) is 26.2 Å². The maximum absolute atomic E-state index is 14.2. The van der Waals surface area contributed by atoms with Crippen molar-refractivity contribution in [3.05, 3.63) is 77.9 Å². The van der Waals surface area contributed by atoms with Gasteiger partial charge in [0, 0.05) is 18.2 Å². The van der Waals surface area contributed by atoms with Gasteiger partial charge in [0.1, 0.15) is 18.3 Å². The van der Waals surface area contributed by atoms with Crippen LogP contribution in [0.1, 0.15) is 38.8 Å². The zero-order valence-electron chi connectivity index (χ0n) is 26.0. The van der Waals surface area contributed by atoms with Crippen LogP contribution in [0, 0.1) is 6.92 Å². The fourth-order valence-electron chi connectivity index (χ4n) is 4.37. The van der Waals surface area contributed by atoms with Gasteiger partial charge in [0.2, 0.25) is 11.8 Å². The molecule has 0 aromatic heterocycles. The van der Waals surface area contributed by atoms with E-state index in [9.17, 15) is 18.0 Å². The van der Waals surface area contributed by atoms with Crippen LogP contribution in [0.2, 0.25) is 0 Å². The van der Waals surface area contributed by atoms with E-state index in [-0.39, 0.29) is 23.0 Å². The molecule has 11 heteroatoms. The van der Waals surface area contributed by atoms with Gasteiger partial charge in [-0.25, -0.2) is 8.42 Å². The number of benzene rings is 3. The van der Waals surface area contributed by atoms with Gasteiger partial charge in [0.15, 0.2) is 11.5 Å². The highest BCUT2D eigenvalue weighted by atomic mass is 32.2. The normalized spacial score (nSPS) is 12.2. The Kier molecular flexibility index (Phi) is 10.7. The number of carbonyl (C=O) groups is 2. The number of ether oxygens (including phenoxy) is 3. The van der Waals surface area contributed by atoms with E-state index in [1.807, 2.05) is 33.8 Å². The molecule has 0 saturated heterocycles. The first-order valence-electron chi connectivity index (χ1n) is 13.8. The minimum atomic E-state index is -4.23. The van der Waals surface area contributed by atoms with Crippen LogP contribution in [-0.4, -0.2) is 64.6 Å². The van der Waals surface area contributed by atoms with Crippen LogP contribution < -0.4 is 23.8 Å². The van der Waals surface area contributed by atoms with Crippen LogP contribution in [0.3, 0.4) is 0 Å². The average Bonchev–Trinajstić information content (AvgIpc) is 2.97. The third-order valence-electron chi connectivity index (χ3n) is 6.70. The Morgan fingerprint density at radius 3 is 2.12 bits per heavy atom. The van der Waals surface area contributed by atoms with E-state index in [1.54, 1.807) is 56.5 Å². The van der Waals surface area contributed by atoms with Crippen molar-refractivity contribution in [1.29, 1.82) is 0 Å². The molecule has 1 N–H and O–H groups in total. The van der Waals surface area contributed by atoms with Gasteiger partial charge in [0.25, 0.3) is 10.0 Å². The molecule has 10 nitrogen and oxygen atoms in total. The molecule has 0 heterocycles. The first kappa shape index (κ1) is 33.3. The molecule has 0 radical (unpaired) electrons. The zero-order chi connectivity index (χ0) is 31.9. The van der Waals surface area contributed by atoms with E-state index >= 15 is 0 Å². The van der Waals surface area contributed by atoms with Crippen LogP contribution in [0.25, 0.3) is 0 Å². The quantitative estimate of drug-likeness (QED) is 0.320. The fraction of sp³-hybridized carbons (Fsp3) is 0.375. The maximum Gasteiger partial charge on any atom is 0.264 e. The smallest absolute Gasteiger partial charge is 0.264 e. The summed E-state index contributed by atoms with van der Waals surface area (Å²) in [5, 5.41) is 2.92. The number of anilines is 1. The van der Waals surface area contributed by atoms with E-state index in [0.29, 0.717) is 22.8 Å². The number of carbonyl (C=O) groups excluding carboxylic acids is 2. The molecule has 3 aromatic rings. The zero-order valence-corrected chi connectivity index (χ0v) is 26.8. The predicted octanol–water partition coefficient (Wildman–Crippen LogP) is 4.55. The molecule has 0 spiro atoms. The monoisotopic (exact) mass is 611 g/mol. The summed E-state index contributed by atoms with van der Waals surface area (Å²) in [7, 11) is 0.223. The van der Waals surface area contributed by atoms with Gasteiger partial charge in [0.05, 0.1) is 31.9 Å². The summed E-state index contributed by atoms with van der Waals surface area (Å²) in [5.41, 5.74) is 1.24. The average molecular weight is 612 g/mol. The molecule has 0 aliphatic heterocycles. The van der Waals surface area contributed by atoms with Gasteiger partial charge in [-0.15, -0.1) is 0 Å². The van der Waals surface area contributed by atoms with Gasteiger partial charge in [-0.2, -0.15) is 0 Å². The number of amides is 2. The molecule has 0 bridgehead atoms.